The number of hydrogen-bond donors (Lipinski definition) is 0. The zero-order chi connectivity index (χ0) is 17.8. The molecule has 0 aromatic carbocycles. The Morgan fingerprint density at radius 2 is 1.23 bits per heavy atom. The molecule has 0 rings (SSSR count). The molecule has 0 aliphatic rings. The fraction of sp³-hybridized carbons (Fsp3) is 0.556. The average Bonchev–Trinajstić information content (AvgIpc) is 2.27. The van der Waals surface area contributed by atoms with Crippen molar-refractivity contribution < 1.29 is 58.6 Å². The van der Waals surface area contributed by atoms with E-state index >= 15 is 0 Å². The maximum Gasteiger partial charge on any atom is 0.434 e. The molecule has 22 heavy (non-hydrogen) atoms. The van der Waals surface area contributed by atoms with Crippen molar-refractivity contribution in [2.75, 3.05) is 6.61 Å². The maximum absolute atomic E-state index is 12.0. The second-order valence-electron chi connectivity index (χ2n) is 3.46. The first-order chi connectivity index (χ1) is 9.63. The standard InChI is InChI=1S/C9H5F9O4/c10-7(11,12)3-21-4(19)1-2-5(20)22-6(8(13,14)15)9(16,17)18/h1-2,6H,3H2/b2-1+. The van der Waals surface area contributed by atoms with Gasteiger partial charge in [0.2, 0.25) is 0 Å². The summed E-state index contributed by atoms with van der Waals surface area (Å²) >= 11 is 0. The number of rotatable bonds is 4. The predicted octanol–water partition coefficient (Wildman–Crippen LogP) is 2.68. The molecular formula is C9H5F9O4. The third kappa shape index (κ3) is 8.36. The van der Waals surface area contributed by atoms with Crippen LogP contribution in [0.15, 0.2) is 12.2 Å². The molecule has 0 aromatic heterocycles. The molecule has 0 aliphatic carbocycles. The van der Waals surface area contributed by atoms with Gasteiger partial charge in [-0.15, -0.1) is 0 Å². The molecule has 13 heteroatoms. The van der Waals surface area contributed by atoms with Crippen LogP contribution < -0.4 is 0 Å². The van der Waals surface area contributed by atoms with Crippen molar-refractivity contribution in [1.29, 1.82) is 0 Å². The van der Waals surface area contributed by atoms with Crippen molar-refractivity contribution in [3.63, 3.8) is 0 Å². The fourth-order valence-corrected chi connectivity index (χ4v) is 0.812. The van der Waals surface area contributed by atoms with Crippen molar-refractivity contribution in [1.82, 2.24) is 0 Å². The van der Waals surface area contributed by atoms with Crippen molar-refractivity contribution in [3.05, 3.63) is 12.2 Å². The summed E-state index contributed by atoms with van der Waals surface area (Å²) in [6.07, 6.45) is -21.6. The highest BCUT2D eigenvalue weighted by molar-refractivity contribution is 5.91. The summed E-state index contributed by atoms with van der Waals surface area (Å²) in [7, 11) is 0. The highest BCUT2D eigenvalue weighted by Gasteiger charge is 2.59. The Hall–Kier alpha value is -1.95. The van der Waals surface area contributed by atoms with Gasteiger partial charge < -0.3 is 9.47 Å². The first-order valence-electron chi connectivity index (χ1n) is 4.88. The minimum atomic E-state index is -5.96. The third-order valence-electron chi connectivity index (χ3n) is 1.56. The summed E-state index contributed by atoms with van der Waals surface area (Å²) in [4.78, 5) is 21.3. The van der Waals surface area contributed by atoms with E-state index in [1.54, 1.807) is 0 Å². The van der Waals surface area contributed by atoms with E-state index < -0.39 is 43.2 Å². The van der Waals surface area contributed by atoms with Crippen LogP contribution in [0.5, 0.6) is 0 Å². The zero-order valence-corrected chi connectivity index (χ0v) is 9.97. The molecule has 0 bridgehead atoms. The van der Waals surface area contributed by atoms with Gasteiger partial charge >= 0.3 is 30.5 Å². The minimum absolute atomic E-state index is 0.113. The summed E-state index contributed by atoms with van der Waals surface area (Å²) in [6.45, 7) is -2.06. The molecule has 0 unspecified atom stereocenters. The van der Waals surface area contributed by atoms with Crippen LogP contribution in [0, 0.1) is 0 Å². The smallest absolute Gasteiger partial charge is 0.434 e. The van der Waals surface area contributed by atoms with E-state index in [9.17, 15) is 49.1 Å². The fourth-order valence-electron chi connectivity index (χ4n) is 0.812. The van der Waals surface area contributed by atoms with Crippen LogP contribution in [-0.2, 0) is 19.1 Å². The molecule has 0 saturated carbocycles. The summed E-state index contributed by atoms with van der Waals surface area (Å²) in [5, 5.41) is 0. The van der Waals surface area contributed by atoms with Gasteiger partial charge in [0.1, 0.15) is 0 Å². The van der Waals surface area contributed by atoms with Gasteiger partial charge in [0.15, 0.2) is 6.61 Å². The monoisotopic (exact) mass is 348 g/mol. The van der Waals surface area contributed by atoms with Crippen LogP contribution in [0.2, 0.25) is 0 Å². The Kier molecular flexibility index (Phi) is 6.26. The van der Waals surface area contributed by atoms with Gasteiger partial charge in [-0.25, -0.2) is 9.59 Å². The summed E-state index contributed by atoms with van der Waals surface area (Å²) in [5.74, 6) is -4.06. The van der Waals surface area contributed by atoms with Gasteiger partial charge in [-0.3, -0.25) is 0 Å². The molecule has 0 amide bonds. The molecule has 0 spiro atoms. The number of halogens is 9. The van der Waals surface area contributed by atoms with Crippen molar-refractivity contribution in [2.45, 2.75) is 24.6 Å². The summed E-state index contributed by atoms with van der Waals surface area (Å²) in [6, 6.07) is 0. The molecule has 0 aromatic rings. The van der Waals surface area contributed by atoms with Crippen LogP contribution in [0.3, 0.4) is 0 Å². The minimum Gasteiger partial charge on any atom is -0.453 e. The van der Waals surface area contributed by atoms with Crippen LogP contribution in [-0.4, -0.2) is 43.2 Å². The Morgan fingerprint density at radius 3 is 1.59 bits per heavy atom. The zero-order valence-electron chi connectivity index (χ0n) is 9.97. The molecular weight excluding hydrogens is 343 g/mol. The number of esters is 2. The van der Waals surface area contributed by atoms with E-state index in [2.05, 4.69) is 9.47 Å². The van der Waals surface area contributed by atoms with Crippen molar-refractivity contribution >= 4 is 11.9 Å². The van der Waals surface area contributed by atoms with Crippen LogP contribution in [0.4, 0.5) is 39.5 Å². The SMILES string of the molecule is O=C(/C=C/C(=O)OC(C(F)(F)F)C(F)(F)F)OCC(F)(F)F. The highest BCUT2D eigenvalue weighted by atomic mass is 19.4. The third-order valence-corrected chi connectivity index (χ3v) is 1.56. The van der Waals surface area contributed by atoms with E-state index in [1.165, 1.54) is 0 Å². The number of alkyl halides is 9. The molecule has 0 saturated heterocycles. The Morgan fingerprint density at radius 1 is 0.818 bits per heavy atom. The largest absolute Gasteiger partial charge is 0.453 e. The maximum atomic E-state index is 12.0. The number of hydrogen-bond acceptors (Lipinski definition) is 4. The van der Waals surface area contributed by atoms with Gasteiger partial charge in [0.25, 0.3) is 6.10 Å². The average molecular weight is 348 g/mol. The first-order valence-corrected chi connectivity index (χ1v) is 4.88. The molecule has 0 fully saturated rings. The van der Waals surface area contributed by atoms with Crippen LogP contribution in [0.25, 0.3) is 0 Å². The second kappa shape index (κ2) is 6.87. The number of carbonyl (C=O) groups excluding carboxylic acids is 2. The van der Waals surface area contributed by atoms with Gasteiger partial charge in [0, 0.05) is 12.2 Å². The van der Waals surface area contributed by atoms with E-state index in [0.717, 1.165) is 0 Å². The van der Waals surface area contributed by atoms with Gasteiger partial charge in [-0.1, -0.05) is 0 Å². The normalized spacial score (nSPS) is 13.5. The lowest BCUT2D eigenvalue weighted by atomic mass is 10.3. The first kappa shape index (κ1) is 20.1. The lowest BCUT2D eigenvalue weighted by Crippen LogP contribution is -2.45. The van der Waals surface area contributed by atoms with Crippen molar-refractivity contribution in [3.8, 4) is 0 Å². The van der Waals surface area contributed by atoms with E-state index in [1.807, 2.05) is 0 Å². The van der Waals surface area contributed by atoms with E-state index in [4.69, 9.17) is 0 Å². The van der Waals surface area contributed by atoms with Gasteiger partial charge in [-0.2, -0.15) is 39.5 Å². The lowest BCUT2D eigenvalue weighted by Gasteiger charge is -2.22. The highest BCUT2D eigenvalue weighted by Crippen LogP contribution is 2.35. The second-order valence-corrected chi connectivity index (χ2v) is 3.46. The van der Waals surface area contributed by atoms with Crippen LogP contribution in [0.1, 0.15) is 0 Å². The van der Waals surface area contributed by atoms with E-state index in [0.29, 0.717) is 0 Å². The molecule has 128 valence electrons. The molecule has 0 aliphatic heterocycles. The topological polar surface area (TPSA) is 52.6 Å². The van der Waals surface area contributed by atoms with Gasteiger partial charge in [-0.05, 0) is 0 Å². The lowest BCUT2D eigenvalue weighted by molar-refractivity contribution is -0.312. The molecule has 0 atom stereocenters. The van der Waals surface area contributed by atoms with Gasteiger partial charge in [0.05, 0.1) is 0 Å². The molecule has 4 nitrogen and oxygen atoms in total. The Balaban J connectivity index is 4.66. The van der Waals surface area contributed by atoms with Crippen LogP contribution >= 0.6 is 0 Å². The predicted molar refractivity (Wildman–Crippen MR) is 48.1 cm³/mol. The molecule has 0 radical (unpaired) electrons. The van der Waals surface area contributed by atoms with Crippen molar-refractivity contribution in [2.24, 2.45) is 0 Å². The number of carbonyl (C=O) groups is 2. The molecule has 0 N–H and O–H groups in total. The van der Waals surface area contributed by atoms with E-state index in [-0.39, 0.29) is 12.2 Å². The Bertz CT molecular complexity index is 418. The molecule has 0 heterocycles. The summed E-state index contributed by atoms with van der Waals surface area (Å²) < 4.78 is 113. The summed E-state index contributed by atoms with van der Waals surface area (Å²) in [5.41, 5.74) is 0. The quantitative estimate of drug-likeness (QED) is 0.445. The Labute approximate surface area is 115 Å². The number of ether oxygens (including phenoxy) is 2.